The van der Waals surface area contributed by atoms with Crippen LogP contribution >= 0.6 is 0 Å². The molecule has 2 amide bonds. The monoisotopic (exact) mass is 394 g/mol. The maximum atomic E-state index is 12.6. The van der Waals surface area contributed by atoms with Crippen molar-refractivity contribution in [1.82, 2.24) is 4.90 Å². The number of ether oxygens (including phenoxy) is 1. The van der Waals surface area contributed by atoms with Crippen LogP contribution in [0.15, 0.2) is 48.5 Å². The van der Waals surface area contributed by atoms with E-state index in [0.717, 1.165) is 25.0 Å². The summed E-state index contributed by atoms with van der Waals surface area (Å²) in [5.74, 6) is 1.17. The lowest BCUT2D eigenvalue weighted by Crippen LogP contribution is -2.42. The average Bonchev–Trinajstić information content (AvgIpc) is 2.67. The van der Waals surface area contributed by atoms with Gasteiger partial charge in [0, 0.05) is 18.8 Å². The van der Waals surface area contributed by atoms with Crippen molar-refractivity contribution in [2.45, 2.75) is 19.0 Å². The number of phenolic OH excluding ortho intramolecular Hbond substituents is 1. The number of urea groups is 1. The van der Waals surface area contributed by atoms with Gasteiger partial charge >= 0.3 is 12.2 Å². The van der Waals surface area contributed by atoms with Gasteiger partial charge in [-0.05, 0) is 67.3 Å². The van der Waals surface area contributed by atoms with Gasteiger partial charge in [0.05, 0.1) is 12.2 Å². The molecule has 0 spiro atoms. The molecule has 1 saturated heterocycles. The van der Waals surface area contributed by atoms with E-state index in [1.165, 1.54) is 12.1 Å². The van der Waals surface area contributed by atoms with E-state index in [4.69, 9.17) is 4.74 Å². The third-order valence-electron chi connectivity index (χ3n) is 4.69. The molecule has 2 aromatic rings. The van der Waals surface area contributed by atoms with Crippen LogP contribution in [0.2, 0.25) is 0 Å². The number of alkyl halides is 3. The van der Waals surface area contributed by atoms with Gasteiger partial charge in [-0.25, -0.2) is 4.79 Å². The predicted octanol–water partition coefficient (Wildman–Crippen LogP) is 4.73. The zero-order chi connectivity index (χ0) is 20.1. The normalized spacial score (nSPS) is 15.3. The molecule has 0 saturated carbocycles. The van der Waals surface area contributed by atoms with Crippen molar-refractivity contribution in [2.75, 3.05) is 25.0 Å². The number of amides is 2. The van der Waals surface area contributed by atoms with Crippen LogP contribution in [0.4, 0.5) is 23.7 Å². The lowest BCUT2D eigenvalue weighted by atomic mass is 9.98. The van der Waals surface area contributed by atoms with Gasteiger partial charge in [0.2, 0.25) is 0 Å². The van der Waals surface area contributed by atoms with Crippen LogP contribution in [0.3, 0.4) is 0 Å². The Balaban J connectivity index is 1.44. The Bertz CT molecular complexity index is 784. The number of carbonyl (C=O) groups is 1. The number of nitrogens with zero attached hydrogens (tertiary/aromatic N) is 1. The second kappa shape index (κ2) is 8.41. The molecular weight excluding hydrogens is 373 g/mol. The number of halogens is 3. The fourth-order valence-corrected chi connectivity index (χ4v) is 3.00. The van der Waals surface area contributed by atoms with E-state index in [1.807, 2.05) is 0 Å². The summed E-state index contributed by atoms with van der Waals surface area (Å²) in [4.78, 5) is 14.0. The number of likely N-dealkylation sites (tertiary alicyclic amines) is 1. The van der Waals surface area contributed by atoms with Crippen LogP contribution in [0.25, 0.3) is 0 Å². The van der Waals surface area contributed by atoms with Gasteiger partial charge < -0.3 is 20.1 Å². The van der Waals surface area contributed by atoms with Gasteiger partial charge in [0.1, 0.15) is 11.5 Å². The second-order valence-electron chi connectivity index (χ2n) is 6.74. The Kier molecular flexibility index (Phi) is 5.96. The Labute approximate surface area is 160 Å². The molecule has 0 radical (unpaired) electrons. The predicted molar refractivity (Wildman–Crippen MR) is 98.4 cm³/mol. The van der Waals surface area contributed by atoms with E-state index in [2.05, 4.69) is 5.32 Å². The smallest absolute Gasteiger partial charge is 0.416 e. The molecule has 8 heteroatoms. The molecule has 2 aromatic carbocycles. The van der Waals surface area contributed by atoms with Crippen molar-refractivity contribution in [3.63, 3.8) is 0 Å². The van der Waals surface area contributed by atoms with Crippen molar-refractivity contribution in [3.05, 3.63) is 54.1 Å². The molecule has 3 rings (SSSR count). The topological polar surface area (TPSA) is 61.8 Å². The van der Waals surface area contributed by atoms with Gasteiger partial charge in [0.25, 0.3) is 0 Å². The molecule has 0 aliphatic carbocycles. The summed E-state index contributed by atoms with van der Waals surface area (Å²) in [5.41, 5.74) is -0.421. The molecule has 5 nitrogen and oxygen atoms in total. The Hall–Kier alpha value is -2.90. The largest absolute Gasteiger partial charge is 0.508 e. The molecule has 1 heterocycles. The summed E-state index contributed by atoms with van der Waals surface area (Å²) in [7, 11) is 0. The minimum Gasteiger partial charge on any atom is -0.508 e. The fourth-order valence-electron chi connectivity index (χ4n) is 3.00. The quantitative estimate of drug-likeness (QED) is 0.788. The Morgan fingerprint density at radius 1 is 1.07 bits per heavy atom. The van der Waals surface area contributed by atoms with E-state index < -0.39 is 11.7 Å². The number of aromatic hydroxyl groups is 1. The molecule has 0 aromatic heterocycles. The van der Waals surface area contributed by atoms with Crippen LogP contribution < -0.4 is 10.1 Å². The molecular formula is C20H21F3N2O3. The van der Waals surface area contributed by atoms with E-state index in [9.17, 15) is 23.1 Å². The van der Waals surface area contributed by atoms with Crippen LogP contribution in [0.1, 0.15) is 18.4 Å². The molecule has 28 heavy (non-hydrogen) atoms. The summed E-state index contributed by atoms with van der Waals surface area (Å²) in [6.45, 7) is 1.63. The SMILES string of the molecule is O=C(Nc1ccc(C(F)(F)F)cc1)N1CCC(COc2ccc(O)cc2)CC1. The van der Waals surface area contributed by atoms with Gasteiger partial charge in [-0.3, -0.25) is 0 Å². The zero-order valence-electron chi connectivity index (χ0n) is 15.1. The number of hydrogen-bond acceptors (Lipinski definition) is 3. The standard InChI is InChI=1S/C20H21F3N2O3/c21-20(22,23)15-1-3-16(4-2-15)24-19(27)25-11-9-14(10-12-25)13-28-18-7-5-17(26)6-8-18/h1-8,14,26H,9-13H2,(H,24,27). The highest BCUT2D eigenvalue weighted by Gasteiger charge is 2.30. The fraction of sp³-hybridized carbons (Fsp3) is 0.350. The summed E-state index contributed by atoms with van der Waals surface area (Å²) >= 11 is 0. The lowest BCUT2D eigenvalue weighted by molar-refractivity contribution is -0.137. The van der Waals surface area contributed by atoms with Crippen LogP contribution in [-0.2, 0) is 6.18 Å². The second-order valence-corrected chi connectivity index (χ2v) is 6.74. The van der Waals surface area contributed by atoms with Gasteiger partial charge in [-0.1, -0.05) is 0 Å². The number of phenols is 1. The molecule has 0 bridgehead atoms. The van der Waals surface area contributed by atoms with E-state index >= 15 is 0 Å². The van der Waals surface area contributed by atoms with E-state index in [-0.39, 0.29) is 11.8 Å². The number of anilines is 1. The van der Waals surface area contributed by atoms with E-state index in [0.29, 0.717) is 37.1 Å². The van der Waals surface area contributed by atoms with Crippen molar-refractivity contribution < 1.29 is 27.8 Å². The Morgan fingerprint density at radius 3 is 2.25 bits per heavy atom. The van der Waals surface area contributed by atoms with Gasteiger partial charge in [-0.2, -0.15) is 13.2 Å². The van der Waals surface area contributed by atoms with Crippen LogP contribution in [0.5, 0.6) is 11.5 Å². The van der Waals surface area contributed by atoms with E-state index in [1.54, 1.807) is 29.2 Å². The van der Waals surface area contributed by atoms with Crippen LogP contribution in [0, 0.1) is 5.92 Å². The average molecular weight is 394 g/mol. The first-order chi connectivity index (χ1) is 13.3. The highest BCUT2D eigenvalue weighted by molar-refractivity contribution is 5.89. The first kappa shape index (κ1) is 19.9. The highest BCUT2D eigenvalue weighted by atomic mass is 19.4. The number of nitrogens with one attached hydrogen (secondary N) is 1. The zero-order valence-corrected chi connectivity index (χ0v) is 15.1. The first-order valence-electron chi connectivity index (χ1n) is 8.96. The van der Waals surface area contributed by atoms with Crippen molar-refractivity contribution in [1.29, 1.82) is 0 Å². The minimum atomic E-state index is -4.40. The third-order valence-corrected chi connectivity index (χ3v) is 4.69. The van der Waals surface area contributed by atoms with Crippen molar-refractivity contribution in [3.8, 4) is 11.5 Å². The molecule has 150 valence electrons. The number of benzene rings is 2. The Morgan fingerprint density at radius 2 is 1.68 bits per heavy atom. The number of rotatable bonds is 4. The summed E-state index contributed by atoms with van der Waals surface area (Å²) in [5, 5.41) is 11.9. The van der Waals surface area contributed by atoms with Crippen molar-refractivity contribution >= 4 is 11.7 Å². The summed E-state index contributed by atoms with van der Waals surface area (Å²) in [6.07, 6.45) is -2.84. The maximum Gasteiger partial charge on any atom is 0.416 e. The minimum absolute atomic E-state index is 0.180. The first-order valence-corrected chi connectivity index (χ1v) is 8.96. The molecule has 1 fully saturated rings. The number of carbonyl (C=O) groups excluding carboxylic acids is 1. The van der Waals surface area contributed by atoms with Crippen molar-refractivity contribution in [2.24, 2.45) is 5.92 Å². The molecule has 2 N–H and O–H groups in total. The third kappa shape index (κ3) is 5.31. The number of piperidine rings is 1. The highest BCUT2D eigenvalue weighted by Crippen LogP contribution is 2.30. The van der Waals surface area contributed by atoms with Crippen LogP contribution in [-0.4, -0.2) is 35.7 Å². The maximum absolute atomic E-state index is 12.6. The summed E-state index contributed by atoms with van der Waals surface area (Å²) < 4.78 is 43.5. The lowest BCUT2D eigenvalue weighted by Gasteiger charge is -2.32. The van der Waals surface area contributed by atoms with Gasteiger partial charge in [0.15, 0.2) is 0 Å². The molecule has 1 aliphatic heterocycles. The van der Waals surface area contributed by atoms with Gasteiger partial charge in [-0.15, -0.1) is 0 Å². The molecule has 0 unspecified atom stereocenters. The summed E-state index contributed by atoms with van der Waals surface area (Å²) in [6, 6.07) is 10.6. The molecule has 0 atom stereocenters. The number of hydrogen-bond donors (Lipinski definition) is 2. The molecule has 1 aliphatic rings.